The smallest absolute Gasteiger partial charge is 0.317 e. The van der Waals surface area contributed by atoms with E-state index in [1.165, 1.54) is 20.5 Å². The SMILES string of the molecule is CN(CCc1cc2ccccc2s1)C(=O)NC[C@@H]1Cc2ccc(O)cc2CN1. The number of hydrogen-bond donors (Lipinski definition) is 3. The molecular weight excluding hydrogens is 370 g/mol. The standard InChI is InChI=1S/C22H25N3O2S/c1-25(9-8-20-12-16-4-2-3-5-21(16)28-20)22(27)24-14-18-10-15-6-7-19(26)11-17(15)13-23-18/h2-7,11-12,18,23,26H,8-10,13-14H2,1H3,(H,24,27)/t18-/m0/s1. The molecule has 3 N–H and O–H groups in total. The summed E-state index contributed by atoms with van der Waals surface area (Å²) in [5.41, 5.74) is 2.36. The molecule has 5 nitrogen and oxygen atoms in total. The molecule has 1 aliphatic heterocycles. The van der Waals surface area contributed by atoms with Crippen LogP contribution in [0.4, 0.5) is 4.79 Å². The highest BCUT2D eigenvalue weighted by molar-refractivity contribution is 7.19. The number of likely N-dealkylation sites (N-methyl/N-ethyl adjacent to an activating group) is 1. The number of aromatic hydroxyl groups is 1. The van der Waals surface area contributed by atoms with E-state index in [9.17, 15) is 9.90 Å². The molecule has 0 aliphatic carbocycles. The second-order valence-electron chi connectivity index (χ2n) is 7.34. The van der Waals surface area contributed by atoms with Gasteiger partial charge >= 0.3 is 6.03 Å². The normalized spacial score (nSPS) is 16.0. The van der Waals surface area contributed by atoms with Crippen molar-refractivity contribution in [3.05, 3.63) is 64.5 Å². The minimum Gasteiger partial charge on any atom is -0.508 e. The fourth-order valence-electron chi connectivity index (χ4n) is 3.60. The van der Waals surface area contributed by atoms with Crippen molar-refractivity contribution >= 4 is 27.5 Å². The maximum absolute atomic E-state index is 12.4. The van der Waals surface area contributed by atoms with Crippen molar-refractivity contribution in [2.75, 3.05) is 20.1 Å². The number of phenolic OH excluding ortho intramolecular Hbond substituents is 1. The number of nitrogens with zero attached hydrogens (tertiary/aromatic N) is 1. The van der Waals surface area contributed by atoms with Gasteiger partial charge in [-0.3, -0.25) is 0 Å². The number of carbonyl (C=O) groups is 1. The molecule has 2 aromatic carbocycles. The van der Waals surface area contributed by atoms with Crippen LogP contribution >= 0.6 is 11.3 Å². The molecule has 146 valence electrons. The third-order valence-electron chi connectivity index (χ3n) is 5.25. The van der Waals surface area contributed by atoms with Gasteiger partial charge in [0, 0.05) is 42.3 Å². The van der Waals surface area contributed by atoms with E-state index >= 15 is 0 Å². The van der Waals surface area contributed by atoms with E-state index < -0.39 is 0 Å². The third kappa shape index (κ3) is 4.29. The Morgan fingerprint density at radius 2 is 2.11 bits per heavy atom. The van der Waals surface area contributed by atoms with Crippen LogP contribution in [0.3, 0.4) is 0 Å². The summed E-state index contributed by atoms with van der Waals surface area (Å²) in [6.45, 7) is 2.00. The molecule has 28 heavy (non-hydrogen) atoms. The number of phenols is 1. The van der Waals surface area contributed by atoms with Crippen LogP contribution in [0.15, 0.2) is 48.5 Å². The highest BCUT2D eigenvalue weighted by atomic mass is 32.1. The van der Waals surface area contributed by atoms with Crippen LogP contribution in [-0.2, 0) is 19.4 Å². The fraction of sp³-hybridized carbons (Fsp3) is 0.318. The van der Waals surface area contributed by atoms with Crippen LogP contribution in [0, 0.1) is 0 Å². The van der Waals surface area contributed by atoms with Crippen molar-refractivity contribution in [1.82, 2.24) is 15.5 Å². The minimum atomic E-state index is -0.0422. The van der Waals surface area contributed by atoms with Crippen molar-refractivity contribution in [2.45, 2.75) is 25.4 Å². The van der Waals surface area contributed by atoms with E-state index in [0.29, 0.717) is 25.4 Å². The maximum Gasteiger partial charge on any atom is 0.317 e. The van der Waals surface area contributed by atoms with Crippen LogP contribution in [0.25, 0.3) is 10.1 Å². The molecule has 4 rings (SSSR count). The molecule has 0 fully saturated rings. The third-order valence-corrected chi connectivity index (χ3v) is 6.43. The largest absolute Gasteiger partial charge is 0.508 e. The zero-order valence-electron chi connectivity index (χ0n) is 15.9. The summed E-state index contributed by atoms with van der Waals surface area (Å²) < 4.78 is 1.29. The highest BCUT2D eigenvalue weighted by Gasteiger charge is 2.19. The Morgan fingerprint density at radius 1 is 1.25 bits per heavy atom. The van der Waals surface area contributed by atoms with Crippen molar-refractivity contribution in [1.29, 1.82) is 0 Å². The van der Waals surface area contributed by atoms with Gasteiger partial charge in [0.25, 0.3) is 0 Å². The van der Waals surface area contributed by atoms with E-state index in [1.807, 2.05) is 13.1 Å². The lowest BCUT2D eigenvalue weighted by Gasteiger charge is -2.27. The summed E-state index contributed by atoms with van der Waals surface area (Å²) in [7, 11) is 1.84. The Bertz CT molecular complexity index is 952. The van der Waals surface area contributed by atoms with Crippen molar-refractivity contribution in [3.8, 4) is 5.75 Å². The number of benzene rings is 2. The quantitative estimate of drug-likeness (QED) is 0.619. The van der Waals surface area contributed by atoms with E-state index in [-0.39, 0.29) is 12.1 Å². The lowest BCUT2D eigenvalue weighted by atomic mass is 9.95. The predicted octanol–water partition coefficient (Wildman–Crippen LogP) is 3.51. The van der Waals surface area contributed by atoms with Gasteiger partial charge in [0.05, 0.1) is 0 Å². The molecule has 1 atom stereocenters. The van der Waals surface area contributed by atoms with Gasteiger partial charge < -0.3 is 20.6 Å². The van der Waals surface area contributed by atoms with Crippen LogP contribution in [0.2, 0.25) is 0 Å². The van der Waals surface area contributed by atoms with Gasteiger partial charge in [-0.05, 0) is 53.6 Å². The molecule has 0 saturated carbocycles. The lowest BCUT2D eigenvalue weighted by molar-refractivity contribution is 0.208. The van der Waals surface area contributed by atoms with Gasteiger partial charge in [-0.2, -0.15) is 0 Å². The van der Waals surface area contributed by atoms with E-state index in [0.717, 1.165) is 18.4 Å². The molecule has 6 heteroatoms. The number of urea groups is 1. The molecule has 2 heterocycles. The van der Waals surface area contributed by atoms with Gasteiger partial charge in [0.1, 0.15) is 5.75 Å². The topological polar surface area (TPSA) is 64.6 Å². The van der Waals surface area contributed by atoms with Gasteiger partial charge in [-0.15, -0.1) is 11.3 Å². The first kappa shape index (κ1) is 18.8. The van der Waals surface area contributed by atoms with Gasteiger partial charge in [0.15, 0.2) is 0 Å². The molecule has 1 aromatic heterocycles. The molecule has 0 bridgehead atoms. The summed E-state index contributed by atoms with van der Waals surface area (Å²) in [6, 6.07) is 16.3. The fourth-order valence-corrected chi connectivity index (χ4v) is 4.65. The molecule has 0 saturated heterocycles. The Morgan fingerprint density at radius 3 is 2.96 bits per heavy atom. The molecule has 0 spiro atoms. The van der Waals surface area contributed by atoms with E-state index in [1.54, 1.807) is 28.4 Å². The Labute approximate surface area is 169 Å². The summed E-state index contributed by atoms with van der Waals surface area (Å²) in [5.74, 6) is 0.299. The molecule has 3 aromatic rings. The maximum atomic E-state index is 12.4. The molecule has 0 unspecified atom stereocenters. The monoisotopic (exact) mass is 395 g/mol. The number of hydrogen-bond acceptors (Lipinski definition) is 4. The Kier molecular flexibility index (Phi) is 5.50. The number of thiophene rings is 1. The minimum absolute atomic E-state index is 0.0422. The number of carbonyl (C=O) groups excluding carboxylic acids is 1. The van der Waals surface area contributed by atoms with Crippen molar-refractivity contribution in [2.24, 2.45) is 0 Å². The summed E-state index contributed by atoms with van der Waals surface area (Å²) in [6.07, 6.45) is 1.71. The number of rotatable bonds is 5. The number of fused-ring (bicyclic) bond motifs is 2. The molecule has 1 aliphatic rings. The predicted molar refractivity (Wildman–Crippen MR) is 114 cm³/mol. The average molecular weight is 396 g/mol. The zero-order valence-corrected chi connectivity index (χ0v) is 16.8. The van der Waals surface area contributed by atoms with Gasteiger partial charge in [-0.1, -0.05) is 24.3 Å². The van der Waals surface area contributed by atoms with Crippen molar-refractivity contribution in [3.63, 3.8) is 0 Å². The first-order chi connectivity index (χ1) is 13.6. The molecular formula is C22H25N3O2S. The second-order valence-corrected chi connectivity index (χ2v) is 8.51. The molecule has 2 amide bonds. The highest BCUT2D eigenvalue weighted by Crippen LogP contribution is 2.25. The van der Waals surface area contributed by atoms with Crippen LogP contribution in [0.1, 0.15) is 16.0 Å². The van der Waals surface area contributed by atoms with Crippen LogP contribution in [-0.4, -0.2) is 42.2 Å². The second kappa shape index (κ2) is 8.20. The average Bonchev–Trinajstić information content (AvgIpc) is 3.13. The van der Waals surface area contributed by atoms with E-state index in [2.05, 4.69) is 41.0 Å². The Balaban J connectivity index is 1.25. The Hall–Kier alpha value is -2.57. The summed E-state index contributed by atoms with van der Waals surface area (Å²) in [5, 5.41) is 17.3. The van der Waals surface area contributed by atoms with Gasteiger partial charge in [0.2, 0.25) is 0 Å². The zero-order chi connectivity index (χ0) is 19.5. The molecule has 0 radical (unpaired) electrons. The first-order valence-corrected chi connectivity index (χ1v) is 10.4. The van der Waals surface area contributed by atoms with E-state index in [4.69, 9.17) is 0 Å². The summed E-state index contributed by atoms with van der Waals surface area (Å²) in [4.78, 5) is 15.5. The van der Waals surface area contributed by atoms with Crippen molar-refractivity contribution < 1.29 is 9.90 Å². The number of nitrogens with one attached hydrogen (secondary N) is 2. The first-order valence-electron chi connectivity index (χ1n) is 9.59. The lowest BCUT2D eigenvalue weighted by Crippen LogP contribution is -2.47. The van der Waals surface area contributed by atoms with Crippen LogP contribution < -0.4 is 10.6 Å². The van der Waals surface area contributed by atoms with Crippen LogP contribution in [0.5, 0.6) is 5.75 Å². The van der Waals surface area contributed by atoms with Gasteiger partial charge in [-0.25, -0.2) is 4.79 Å². The summed E-state index contributed by atoms with van der Waals surface area (Å²) >= 11 is 1.80. The number of amides is 2.